The van der Waals surface area contributed by atoms with E-state index in [-0.39, 0.29) is 16.8 Å². The normalized spacial score (nSPS) is 14.2. The monoisotopic (exact) mass is 358 g/mol. The van der Waals surface area contributed by atoms with Gasteiger partial charge in [0.05, 0.1) is 4.90 Å². The average molecular weight is 358 g/mol. The smallest absolute Gasteiger partial charge is 0.261 e. The van der Waals surface area contributed by atoms with Crippen LogP contribution in [0.4, 0.5) is 11.4 Å². The Labute approximate surface area is 148 Å². The largest absolute Gasteiger partial charge is 0.310 e. The van der Waals surface area contributed by atoms with Crippen molar-refractivity contribution in [2.75, 3.05) is 9.62 Å². The van der Waals surface area contributed by atoms with Crippen LogP contribution in [0.2, 0.25) is 0 Å². The zero-order valence-electron chi connectivity index (χ0n) is 14.6. The Morgan fingerprint density at radius 2 is 1.68 bits per heavy atom. The lowest BCUT2D eigenvalue weighted by molar-refractivity contribution is -0.116. The summed E-state index contributed by atoms with van der Waals surface area (Å²) in [4.78, 5) is 13.8. The number of carbonyl (C=O) groups is 1. The van der Waals surface area contributed by atoms with E-state index in [0.29, 0.717) is 5.69 Å². The van der Waals surface area contributed by atoms with Gasteiger partial charge in [0.2, 0.25) is 5.91 Å². The molecular formula is C19H22N2O3S. The molecule has 0 aromatic heterocycles. The Kier molecular flexibility index (Phi) is 4.56. The highest BCUT2D eigenvalue weighted by atomic mass is 32.2. The van der Waals surface area contributed by atoms with Crippen LogP contribution in [-0.4, -0.2) is 20.4 Å². The van der Waals surface area contributed by atoms with E-state index < -0.39 is 10.0 Å². The number of hydrogen-bond donors (Lipinski definition) is 1. The minimum atomic E-state index is -3.64. The van der Waals surface area contributed by atoms with Gasteiger partial charge in [-0.3, -0.25) is 9.52 Å². The van der Waals surface area contributed by atoms with E-state index in [4.69, 9.17) is 0 Å². The van der Waals surface area contributed by atoms with E-state index in [9.17, 15) is 13.2 Å². The van der Waals surface area contributed by atoms with Crippen molar-refractivity contribution in [2.45, 2.75) is 44.6 Å². The van der Waals surface area contributed by atoms with Gasteiger partial charge in [0.15, 0.2) is 0 Å². The number of carbonyl (C=O) groups excluding carboxylic acids is 1. The number of amides is 1. The molecule has 1 aliphatic rings. The van der Waals surface area contributed by atoms with Crippen LogP contribution in [0.1, 0.15) is 30.9 Å². The number of aryl methyl sites for hydroxylation is 2. The van der Waals surface area contributed by atoms with Gasteiger partial charge in [-0.15, -0.1) is 0 Å². The van der Waals surface area contributed by atoms with Crippen molar-refractivity contribution in [1.82, 2.24) is 0 Å². The lowest BCUT2D eigenvalue weighted by atomic mass is 10.1. The Morgan fingerprint density at radius 3 is 2.20 bits per heavy atom. The molecule has 0 atom stereocenters. The number of nitrogens with zero attached hydrogens (tertiary/aromatic N) is 1. The molecule has 1 fully saturated rings. The molecular weight excluding hydrogens is 336 g/mol. The van der Waals surface area contributed by atoms with E-state index in [2.05, 4.69) is 4.72 Å². The van der Waals surface area contributed by atoms with E-state index >= 15 is 0 Å². The van der Waals surface area contributed by atoms with Gasteiger partial charge in [0, 0.05) is 24.3 Å². The highest BCUT2D eigenvalue weighted by Gasteiger charge is 2.31. The lowest BCUT2D eigenvalue weighted by Crippen LogP contribution is -2.30. The first-order chi connectivity index (χ1) is 11.8. The zero-order valence-corrected chi connectivity index (χ0v) is 15.4. The number of sulfonamides is 1. The lowest BCUT2D eigenvalue weighted by Gasteiger charge is -2.21. The molecule has 1 saturated carbocycles. The molecule has 6 heteroatoms. The highest BCUT2D eigenvalue weighted by molar-refractivity contribution is 7.92. The Balaban J connectivity index is 1.80. The number of hydrogen-bond acceptors (Lipinski definition) is 3. The quantitative estimate of drug-likeness (QED) is 0.888. The van der Waals surface area contributed by atoms with Crippen LogP contribution in [0, 0.1) is 13.8 Å². The SMILES string of the molecule is CC(=O)N(c1ccc(NS(=O)(=O)c2ccc(C)c(C)c2)cc1)C1CC1. The first-order valence-electron chi connectivity index (χ1n) is 8.28. The average Bonchev–Trinajstić information content (AvgIpc) is 3.36. The van der Waals surface area contributed by atoms with E-state index in [0.717, 1.165) is 29.7 Å². The number of anilines is 2. The second-order valence-electron chi connectivity index (χ2n) is 6.52. The molecule has 0 aliphatic heterocycles. The molecule has 0 unspecified atom stereocenters. The van der Waals surface area contributed by atoms with Crippen LogP contribution in [0.3, 0.4) is 0 Å². The first kappa shape index (κ1) is 17.5. The highest BCUT2D eigenvalue weighted by Crippen LogP contribution is 2.32. The van der Waals surface area contributed by atoms with Gasteiger partial charge >= 0.3 is 0 Å². The van der Waals surface area contributed by atoms with E-state index in [1.165, 1.54) is 0 Å². The third-order valence-electron chi connectivity index (χ3n) is 4.44. The van der Waals surface area contributed by atoms with Crippen LogP contribution in [0.15, 0.2) is 47.4 Å². The predicted molar refractivity (Wildman–Crippen MR) is 99.3 cm³/mol. The number of rotatable bonds is 5. The Morgan fingerprint density at radius 1 is 1.04 bits per heavy atom. The van der Waals surface area contributed by atoms with Gasteiger partial charge in [0.25, 0.3) is 10.0 Å². The standard InChI is InChI=1S/C19H22N2O3S/c1-13-4-11-19(12-14(13)2)25(23,24)20-16-5-7-17(8-6-16)21(15(3)22)18-9-10-18/h4-8,11-12,18,20H,9-10H2,1-3H3. The summed E-state index contributed by atoms with van der Waals surface area (Å²) in [6.07, 6.45) is 2.03. The number of nitrogens with one attached hydrogen (secondary N) is 1. The van der Waals surface area contributed by atoms with Crippen LogP contribution in [0.5, 0.6) is 0 Å². The summed E-state index contributed by atoms with van der Waals surface area (Å²) in [6.45, 7) is 5.38. The van der Waals surface area contributed by atoms with Gasteiger partial charge in [0.1, 0.15) is 0 Å². The summed E-state index contributed by atoms with van der Waals surface area (Å²) in [5.74, 6) is 0.00552. The maximum absolute atomic E-state index is 12.5. The second kappa shape index (κ2) is 6.52. The van der Waals surface area contributed by atoms with Crippen molar-refractivity contribution in [3.8, 4) is 0 Å². The predicted octanol–water partition coefficient (Wildman–Crippen LogP) is 3.62. The summed E-state index contributed by atoms with van der Waals surface area (Å²) in [5, 5.41) is 0. The molecule has 0 radical (unpaired) electrons. The van der Waals surface area contributed by atoms with E-state index in [1.807, 2.05) is 13.8 Å². The molecule has 1 amide bonds. The Hall–Kier alpha value is -2.34. The van der Waals surface area contributed by atoms with Gasteiger partial charge < -0.3 is 4.90 Å². The summed E-state index contributed by atoms with van der Waals surface area (Å²) in [5.41, 5.74) is 3.25. The van der Waals surface area contributed by atoms with Crippen LogP contribution in [0.25, 0.3) is 0 Å². The van der Waals surface area contributed by atoms with Crippen molar-refractivity contribution in [2.24, 2.45) is 0 Å². The molecule has 2 aromatic carbocycles. The molecule has 5 nitrogen and oxygen atoms in total. The fourth-order valence-electron chi connectivity index (χ4n) is 2.77. The van der Waals surface area contributed by atoms with Crippen LogP contribution in [-0.2, 0) is 14.8 Å². The molecule has 0 saturated heterocycles. The van der Waals surface area contributed by atoms with Crippen LogP contribution >= 0.6 is 0 Å². The van der Waals surface area contributed by atoms with Crippen molar-refractivity contribution < 1.29 is 13.2 Å². The first-order valence-corrected chi connectivity index (χ1v) is 9.76. The third kappa shape index (κ3) is 3.85. The van der Waals surface area contributed by atoms with Gasteiger partial charge in [-0.05, 0) is 74.2 Å². The molecule has 3 rings (SSSR count). The maximum Gasteiger partial charge on any atom is 0.261 e. The topological polar surface area (TPSA) is 66.5 Å². The van der Waals surface area contributed by atoms with Crippen molar-refractivity contribution in [3.63, 3.8) is 0 Å². The molecule has 132 valence electrons. The Bertz CT molecular complexity index is 901. The molecule has 1 aliphatic carbocycles. The number of benzene rings is 2. The van der Waals surface area contributed by atoms with Crippen molar-refractivity contribution in [1.29, 1.82) is 0 Å². The van der Waals surface area contributed by atoms with Crippen molar-refractivity contribution >= 4 is 27.3 Å². The fourth-order valence-corrected chi connectivity index (χ4v) is 3.91. The summed E-state index contributed by atoms with van der Waals surface area (Å²) in [7, 11) is -3.64. The van der Waals surface area contributed by atoms with E-state index in [1.54, 1.807) is 54.3 Å². The fraction of sp³-hybridized carbons (Fsp3) is 0.316. The third-order valence-corrected chi connectivity index (χ3v) is 5.82. The molecule has 0 bridgehead atoms. The minimum absolute atomic E-state index is 0.00552. The summed E-state index contributed by atoms with van der Waals surface area (Å²) in [6, 6.07) is 12.3. The zero-order chi connectivity index (χ0) is 18.2. The van der Waals surface area contributed by atoms with Gasteiger partial charge in [-0.1, -0.05) is 6.07 Å². The molecule has 0 spiro atoms. The summed E-state index contributed by atoms with van der Waals surface area (Å²) < 4.78 is 27.7. The summed E-state index contributed by atoms with van der Waals surface area (Å²) >= 11 is 0. The maximum atomic E-state index is 12.5. The molecule has 0 heterocycles. The van der Waals surface area contributed by atoms with Crippen LogP contribution < -0.4 is 9.62 Å². The molecule has 25 heavy (non-hydrogen) atoms. The second-order valence-corrected chi connectivity index (χ2v) is 8.20. The minimum Gasteiger partial charge on any atom is -0.310 e. The molecule has 1 N–H and O–H groups in total. The van der Waals surface area contributed by atoms with Gasteiger partial charge in [-0.2, -0.15) is 0 Å². The molecule has 2 aromatic rings. The van der Waals surface area contributed by atoms with Gasteiger partial charge in [-0.25, -0.2) is 8.42 Å². The van der Waals surface area contributed by atoms with Crippen molar-refractivity contribution in [3.05, 3.63) is 53.6 Å².